The average molecular weight is 162 g/mol. The molecular formula is C9H22S. The van der Waals surface area contributed by atoms with Gasteiger partial charge in [-0.15, -0.1) is 0 Å². The van der Waals surface area contributed by atoms with E-state index in [1.807, 2.05) is 13.8 Å². The van der Waals surface area contributed by atoms with Crippen LogP contribution in [0.3, 0.4) is 0 Å². The van der Waals surface area contributed by atoms with Crippen molar-refractivity contribution in [3.05, 3.63) is 0 Å². The monoisotopic (exact) mass is 162 g/mol. The van der Waals surface area contributed by atoms with Crippen molar-refractivity contribution < 1.29 is 0 Å². The lowest BCUT2D eigenvalue weighted by molar-refractivity contribution is 0.475. The summed E-state index contributed by atoms with van der Waals surface area (Å²) in [7, 11) is 0. The fourth-order valence-corrected chi connectivity index (χ4v) is 1.03. The fraction of sp³-hybridized carbons (Fsp3) is 1.00. The van der Waals surface area contributed by atoms with Crippen molar-refractivity contribution in [3.63, 3.8) is 0 Å². The molecule has 1 atom stereocenters. The van der Waals surface area contributed by atoms with Gasteiger partial charge in [0.25, 0.3) is 0 Å². The van der Waals surface area contributed by atoms with Crippen molar-refractivity contribution in [3.8, 4) is 0 Å². The van der Waals surface area contributed by atoms with E-state index < -0.39 is 0 Å². The number of hydrogen-bond acceptors (Lipinski definition) is 1. The van der Waals surface area contributed by atoms with E-state index in [1.165, 1.54) is 6.42 Å². The van der Waals surface area contributed by atoms with Crippen LogP contribution in [0.4, 0.5) is 0 Å². The third-order valence-electron chi connectivity index (χ3n) is 1.19. The lowest BCUT2D eigenvalue weighted by Crippen LogP contribution is -2.00. The first-order valence-corrected chi connectivity index (χ1v) is 4.91. The molecule has 0 aliphatic carbocycles. The normalized spacial score (nSPS) is 12.3. The highest BCUT2D eigenvalue weighted by Gasteiger charge is 2.00. The molecule has 1 heteroatoms. The highest BCUT2D eigenvalue weighted by Crippen LogP contribution is 2.11. The Labute approximate surface area is 71.8 Å². The van der Waals surface area contributed by atoms with Gasteiger partial charge in [0.2, 0.25) is 0 Å². The van der Waals surface area contributed by atoms with Gasteiger partial charge in [0.05, 0.1) is 0 Å². The summed E-state index contributed by atoms with van der Waals surface area (Å²) in [4.78, 5) is 0. The molecule has 0 fully saturated rings. The van der Waals surface area contributed by atoms with Crippen molar-refractivity contribution in [2.24, 2.45) is 11.8 Å². The van der Waals surface area contributed by atoms with E-state index in [2.05, 4.69) is 33.4 Å². The quantitative estimate of drug-likeness (QED) is 0.602. The molecule has 0 aromatic rings. The molecule has 64 valence electrons. The molecule has 1 unspecified atom stereocenters. The molecular weight excluding hydrogens is 140 g/mol. The fourth-order valence-electron chi connectivity index (χ4n) is 0.879. The Morgan fingerprint density at radius 2 is 1.50 bits per heavy atom. The van der Waals surface area contributed by atoms with Gasteiger partial charge in [-0.05, 0) is 24.0 Å². The molecule has 0 saturated carbocycles. The summed E-state index contributed by atoms with van der Waals surface area (Å²) in [5, 5.41) is 0. The molecule has 0 aliphatic rings. The number of hydrogen-bond donors (Lipinski definition) is 1. The van der Waals surface area contributed by atoms with Crippen LogP contribution >= 0.6 is 12.6 Å². The maximum absolute atomic E-state index is 4.19. The Morgan fingerprint density at radius 3 is 1.60 bits per heavy atom. The smallest absolute Gasteiger partial charge is 0.00720 e. The summed E-state index contributed by atoms with van der Waals surface area (Å²) in [6, 6.07) is 0. The first kappa shape index (κ1) is 13.0. The van der Waals surface area contributed by atoms with E-state index in [1.54, 1.807) is 0 Å². The minimum absolute atomic E-state index is 0.790. The molecule has 0 aromatic heterocycles. The van der Waals surface area contributed by atoms with Gasteiger partial charge in [0, 0.05) is 0 Å². The molecule has 0 nitrogen and oxygen atoms in total. The van der Waals surface area contributed by atoms with Gasteiger partial charge in [0.15, 0.2) is 0 Å². The second kappa shape index (κ2) is 9.35. The third-order valence-corrected chi connectivity index (χ3v) is 1.81. The number of thiol groups is 1. The summed E-state index contributed by atoms with van der Waals surface area (Å²) in [6.07, 6.45) is 1.31. The second-order valence-electron chi connectivity index (χ2n) is 2.92. The summed E-state index contributed by atoms with van der Waals surface area (Å²) >= 11 is 4.19. The topological polar surface area (TPSA) is 0 Å². The molecule has 0 radical (unpaired) electrons. The first-order chi connectivity index (χ1) is 4.66. The minimum Gasteiger partial charge on any atom is -0.179 e. The molecule has 0 N–H and O–H groups in total. The zero-order valence-electron chi connectivity index (χ0n) is 8.02. The van der Waals surface area contributed by atoms with Gasteiger partial charge in [-0.25, -0.2) is 0 Å². The molecule has 0 bridgehead atoms. The Balaban J connectivity index is 0. The third kappa shape index (κ3) is 11.2. The molecule has 0 rings (SSSR count). The standard InChI is InChI=1S/C7H16S.C2H6/c1-6(2)4-7(3)5-8;1-2/h6-8H,4-5H2,1-3H3;1-2H3. The summed E-state index contributed by atoms with van der Waals surface area (Å²) in [5.41, 5.74) is 0. The van der Waals surface area contributed by atoms with Crippen LogP contribution in [-0.2, 0) is 0 Å². The zero-order valence-corrected chi connectivity index (χ0v) is 8.91. The van der Waals surface area contributed by atoms with Crippen molar-refractivity contribution in [1.82, 2.24) is 0 Å². The Bertz CT molecular complexity index is 50.7. The van der Waals surface area contributed by atoms with Crippen LogP contribution in [0.15, 0.2) is 0 Å². The Morgan fingerprint density at radius 1 is 1.10 bits per heavy atom. The van der Waals surface area contributed by atoms with Crippen molar-refractivity contribution >= 4 is 12.6 Å². The maximum Gasteiger partial charge on any atom is -0.00720 e. The van der Waals surface area contributed by atoms with Gasteiger partial charge >= 0.3 is 0 Å². The average Bonchev–Trinajstić information content (AvgIpc) is 1.91. The predicted octanol–water partition coefficient (Wildman–Crippen LogP) is 3.62. The predicted molar refractivity (Wildman–Crippen MR) is 53.8 cm³/mol. The van der Waals surface area contributed by atoms with Crippen molar-refractivity contribution in [2.45, 2.75) is 41.0 Å². The molecule has 0 heterocycles. The second-order valence-corrected chi connectivity index (χ2v) is 3.28. The van der Waals surface area contributed by atoms with E-state index in [-0.39, 0.29) is 0 Å². The van der Waals surface area contributed by atoms with Gasteiger partial charge in [-0.3, -0.25) is 0 Å². The van der Waals surface area contributed by atoms with E-state index in [0.717, 1.165) is 17.6 Å². The van der Waals surface area contributed by atoms with Crippen LogP contribution in [0.1, 0.15) is 41.0 Å². The minimum atomic E-state index is 0.790. The maximum atomic E-state index is 4.19. The van der Waals surface area contributed by atoms with Gasteiger partial charge in [-0.2, -0.15) is 12.6 Å². The lowest BCUT2D eigenvalue weighted by atomic mass is 10.0. The lowest BCUT2D eigenvalue weighted by Gasteiger charge is -2.09. The van der Waals surface area contributed by atoms with Crippen LogP contribution in [-0.4, -0.2) is 5.75 Å². The van der Waals surface area contributed by atoms with E-state index in [0.29, 0.717) is 0 Å². The van der Waals surface area contributed by atoms with E-state index in [4.69, 9.17) is 0 Å². The van der Waals surface area contributed by atoms with Gasteiger partial charge in [-0.1, -0.05) is 34.6 Å². The van der Waals surface area contributed by atoms with Crippen LogP contribution in [0.2, 0.25) is 0 Å². The molecule has 0 spiro atoms. The van der Waals surface area contributed by atoms with Crippen molar-refractivity contribution in [2.75, 3.05) is 5.75 Å². The summed E-state index contributed by atoms with van der Waals surface area (Å²) < 4.78 is 0. The van der Waals surface area contributed by atoms with Gasteiger partial charge in [0.1, 0.15) is 0 Å². The van der Waals surface area contributed by atoms with Crippen LogP contribution in [0, 0.1) is 11.8 Å². The SMILES string of the molecule is CC.CC(C)CC(C)CS. The van der Waals surface area contributed by atoms with Crippen molar-refractivity contribution in [1.29, 1.82) is 0 Å². The van der Waals surface area contributed by atoms with Crippen LogP contribution < -0.4 is 0 Å². The molecule has 0 aromatic carbocycles. The highest BCUT2D eigenvalue weighted by molar-refractivity contribution is 7.80. The van der Waals surface area contributed by atoms with Gasteiger partial charge < -0.3 is 0 Å². The zero-order chi connectivity index (χ0) is 8.57. The van der Waals surface area contributed by atoms with Crippen LogP contribution in [0.25, 0.3) is 0 Å². The van der Waals surface area contributed by atoms with E-state index >= 15 is 0 Å². The summed E-state index contributed by atoms with van der Waals surface area (Å²) in [6.45, 7) is 10.7. The van der Waals surface area contributed by atoms with Crippen LogP contribution in [0.5, 0.6) is 0 Å². The molecule has 10 heavy (non-hydrogen) atoms. The van der Waals surface area contributed by atoms with E-state index in [9.17, 15) is 0 Å². The first-order valence-electron chi connectivity index (χ1n) is 4.27. The molecule has 0 amide bonds. The highest BCUT2D eigenvalue weighted by atomic mass is 32.1. The number of rotatable bonds is 3. The molecule has 0 aliphatic heterocycles. The largest absolute Gasteiger partial charge is 0.179 e. The Hall–Kier alpha value is 0.350. The summed E-state index contributed by atoms with van der Waals surface area (Å²) in [5.74, 6) is 2.65. The Kier molecular flexibility index (Phi) is 12.1. The molecule has 0 saturated heterocycles.